The summed E-state index contributed by atoms with van der Waals surface area (Å²) in [5.74, 6) is 0.115. The van der Waals surface area contributed by atoms with Gasteiger partial charge in [-0.2, -0.15) is 0 Å². The highest BCUT2D eigenvalue weighted by molar-refractivity contribution is 7.91. The first-order valence-electron chi connectivity index (χ1n) is 9.03. The van der Waals surface area contributed by atoms with Crippen LogP contribution in [0, 0.1) is 0 Å². The standard InChI is InChI=1S/C20H26N2O3S/c1-2-26(23,24)19-10-8-18(9-11-19)21-20(17-6-4-3-5-7-17)16-22-12-14-25-15-13-22/h3-11,20-21H,2,12-16H2,1H3. The van der Waals surface area contributed by atoms with Crippen molar-refractivity contribution in [2.45, 2.75) is 17.9 Å². The second-order valence-corrected chi connectivity index (χ2v) is 8.73. The number of anilines is 1. The Balaban J connectivity index is 1.76. The second-order valence-electron chi connectivity index (χ2n) is 6.45. The van der Waals surface area contributed by atoms with Crippen LogP contribution in [0.2, 0.25) is 0 Å². The molecule has 1 unspecified atom stereocenters. The van der Waals surface area contributed by atoms with Gasteiger partial charge in [-0.05, 0) is 29.8 Å². The normalized spacial score (nSPS) is 17.0. The highest BCUT2D eigenvalue weighted by Gasteiger charge is 2.18. The van der Waals surface area contributed by atoms with Gasteiger partial charge in [0.2, 0.25) is 0 Å². The summed E-state index contributed by atoms with van der Waals surface area (Å²) in [6.07, 6.45) is 0. The smallest absolute Gasteiger partial charge is 0.178 e. The van der Waals surface area contributed by atoms with E-state index in [9.17, 15) is 8.42 Å². The summed E-state index contributed by atoms with van der Waals surface area (Å²) < 4.78 is 29.4. The quantitative estimate of drug-likeness (QED) is 0.807. The van der Waals surface area contributed by atoms with Gasteiger partial charge < -0.3 is 10.1 Å². The molecule has 0 amide bonds. The SMILES string of the molecule is CCS(=O)(=O)c1ccc(NC(CN2CCOCC2)c2ccccc2)cc1. The second kappa shape index (κ2) is 8.66. The number of nitrogens with zero attached hydrogens (tertiary/aromatic N) is 1. The molecule has 140 valence electrons. The molecule has 2 aromatic carbocycles. The van der Waals surface area contributed by atoms with Crippen LogP contribution < -0.4 is 5.32 Å². The van der Waals surface area contributed by atoms with E-state index >= 15 is 0 Å². The predicted octanol–water partition coefficient (Wildman–Crippen LogP) is 2.97. The topological polar surface area (TPSA) is 58.6 Å². The zero-order valence-electron chi connectivity index (χ0n) is 15.1. The molecule has 1 heterocycles. The van der Waals surface area contributed by atoms with E-state index in [1.165, 1.54) is 5.56 Å². The molecule has 6 heteroatoms. The fraction of sp³-hybridized carbons (Fsp3) is 0.400. The van der Waals surface area contributed by atoms with E-state index in [2.05, 4.69) is 22.3 Å². The van der Waals surface area contributed by atoms with Crippen molar-refractivity contribution in [3.05, 3.63) is 60.2 Å². The molecule has 0 aromatic heterocycles. The first-order chi connectivity index (χ1) is 12.6. The van der Waals surface area contributed by atoms with Gasteiger partial charge in [0, 0.05) is 25.3 Å². The van der Waals surface area contributed by atoms with Crippen molar-refractivity contribution in [3.63, 3.8) is 0 Å². The summed E-state index contributed by atoms with van der Waals surface area (Å²) in [4.78, 5) is 2.76. The number of hydrogen-bond acceptors (Lipinski definition) is 5. The van der Waals surface area contributed by atoms with Gasteiger partial charge in [0.15, 0.2) is 9.84 Å². The molecule has 0 aliphatic carbocycles. The van der Waals surface area contributed by atoms with Crippen LogP contribution in [0.1, 0.15) is 18.5 Å². The molecule has 3 rings (SSSR count). The lowest BCUT2D eigenvalue weighted by Crippen LogP contribution is -2.40. The number of nitrogens with one attached hydrogen (secondary N) is 1. The largest absolute Gasteiger partial charge is 0.379 e. The Kier molecular flexibility index (Phi) is 6.29. The summed E-state index contributed by atoms with van der Waals surface area (Å²) in [6.45, 7) is 5.94. The summed E-state index contributed by atoms with van der Waals surface area (Å²) in [7, 11) is -3.17. The summed E-state index contributed by atoms with van der Waals surface area (Å²) in [6, 6.07) is 17.5. The number of rotatable bonds is 7. The molecular formula is C20H26N2O3S. The van der Waals surface area contributed by atoms with E-state index in [1.807, 2.05) is 30.3 Å². The molecule has 1 atom stereocenters. The predicted molar refractivity (Wildman–Crippen MR) is 104 cm³/mol. The van der Waals surface area contributed by atoms with Crippen LogP contribution in [-0.2, 0) is 14.6 Å². The van der Waals surface area contributed by atoms with Crippen LogP contribution in [0.15, 0.2) is 59.5 Å². The molecular weight excluding hydrogens is 348 g/mol. The van der Waals surface area contributed by atoms with E-state index in [-0.39, 0.29) is 11.8 Å². The van der Waals surface area contributed by atoms with Crippen molar-refractivity contribution >= 4 is 15.5 Å². The van der Waals surface area contributed by atoms with Crippen LogP contribution in [-0.4, -0.2) is 51.9 Å². The van der Waals surface area contributed by atoms with Crippen molar-refractivity contribution < 1.29 is 13.2 Å². The molecule has 0 saturated carbocycles. The zero-order chi connectivity index (χ0) is 18.4. The van der Waals surface area contributed by atoms with Gasteiger partial charge >= 0.3 is 0 Å². The van der Waals surface area contributed by atoms with Crippen molar-refractivity contribution in [1.29, 1.82) is 0 Å². The van der Waals surface area contributed by atoms with Crippen LogP contribution >= 0.6 is 0 Å². The molecule has 26 heavy (non-hydrogen) atoms. The first kappa shape index (κ1) is 18.9. The van der Waals surface area contributed by atoms with E-state index in [0.29, 0.717) is 4.90 Å². The molecule has 0 spiro atoms. The van der Waals surface area contributed by atoms with Crippen LogP contribution in [0.3, 0.4) is 0 Å². The Bertz CT molecular complexity index is 786. The van der Waals surface area contributed by atoms with E-state index in [1.54, 1.807) is 19.1 Å². The monoisotopic (exact) mass is 374 g/mol. The number of morpholine rings is 1. The summed E-state index contributed by atoms with van der Waals surface area (Å²) >= 11 is 0. The molecule has 1 aliphatic rings. The molecule has 1 aliphatic heterocycles. The minimum absolute atomic E-state index is 0.115. The van der Waals surface area contributed by atoms with Gasteiger partial charge in [0.05, 0.1) is 29.9 Å². The maximum Gasteiger partial charge on any atom is 0.178 e. The fourth-order valence-electron chi connectivity index (χ4n) is 3.09. The number of benzene rings is 2. The Morgan fingerprint density at radius 1 is 1.04 bits per heavy atom. The van der Waals surface area contributed by atoms with Crippen LogP contribution in [0.25, 0.3) is 0 Å². The van der Waals surface area contributed by atoms with Crippen molar-refractivity contribution in [2.24, 2.45) is 0 Å². The third-order valence-corrected chi connectivity index (χ3v) is 6.43. The van der Waals surface area contributed by atoms with Crippen LogP contribution in [0.4, 0.5) is 5.69 Å². The lowest BCUT2D eigenvalue weighted by Gasteiger charge is -2.31. The maximum atomic E-state index is 12.0. The van der Waals surface area contributed by atoms with Gasteiger partial charge in [-0.3, -0.25) is 4.90 Å². The average molecular weight is 375 g/mol. The highest BCUT2D eigenvalue weighted by Crippen LogP contribution is 2.23. The van der Waals surface area contributed by atoms with Gasteiger partial charge in [0.1, 0.15) is 0 Å². The maximum absolute atomic E-state index is 12.0. The third kappa shape index (κ3) is 4.84. The first-order valence-corrected chi connectivity index (χ1v) is 10.7. The van der Waals surface area contributed by atoms with E-state index in [0.717, 1.165) is 38.5 Å². The number of ether oxygens (including phenoxy) is 1. The van der Waals surface area contributed by atoms with E-state index < -0.39 is 9.84 Å². The lowest BCUT2D eigenvalue weighted by molar-refractivity contribution is 0.0361. The number of hydrogen-bond donors (Lipinski definition) is 1. The third-order valence-electron chi connectivity index (χ3n) is 4.68. The Morgan fingerprint density at radius 3 is 2.31 bits per heavy atom. The summed E-state index contributed by atoms with van der Waals surface area (Å²) in [5, 5.41) is 3.56. The van der Waals surface area contributed by atoms with Gasteiger partial charge in [-0.1, -0.05) is 37.3 Å². The lowest BCUT2D eigenvalue weighted by atomic mass is 10.1. The number of sulfone groups is 1. The van der Waals surface area contributed by atoms with E-state index in [4.69, 9.17) is 4.74 Å². The van der Waals surface area contributed by atoms with Crippen molar-refractivity contribution in [3.8, 4) is 0 Å². The fourth-order valence-corrected chi connectivity index (χ4v) is 3.97. The molecule has 0 bridgehead atoms. The molecule has 1 fully saturated rings. The van der Waals surface area contributed by atoms with Crippen molar-refractivity contribution in [2.75, 3.05) is 43.9 Å². The Labute approximate surface area is 155 Å². The minimum Gasteiger partial charge on any atom is -0.379 e. The average Bonchev–Trinajstić information content (AvgIpc) is 2.69. The molecule has 5 nitrogen and oxygen atoms in total. The Hall–Kier alpha value is -1.89. The minimum atomic E-state index is -3.17. The van der Waals surface area contributed by atoms with Crippen LogP contribution in [0.5, 0.6) is 0 Å². The molecule has 1 N–H and O–H groups in total. The molecule has 2 aromatic rings. The van der Waals surface area contributed by atoms with Gasteiger partial charge in [-0.25, -0.2) is 8.42 Å². The summed E-state index contributed by atoms with van der Waals surface area (Å²) in [5.41, 5.74) is 2.13. The van der Waals surface area contributed by atoms with Gasteiger partial charge in [0.25, 0.3) is 0 Å². The van der Waals surface area contributed by atoms with Crippen molar-refractivity contribution in [1.82, 2.24) is 4.90 Å². The Morgan fingerprint density at radius 2 is 1.69 bits per heavy atom. The van der Waals surface area contributed by atoms with Gasteiger partial charge in [-0.15, -0.1) is 0 Å². The zero-order valence-corrected chi connectivity index (χ0v) is 15.9. The highest BCUT2D eigenvalue weighted by atomic mass is 32.2. The molecule has 0 radical (unpaired) electrons. The molecule has 1 saturated heterocycles.